The molecule has 1 aliphatic rings. The Hall–Kier alpha value is -2.56. The van der Waals surface area contributed by atoms with Gasteiger partial charge in [0.05, 0.1) is 39.7 Å². The lowest BCUT2D eigenvalue weighted by atomic mass is 10.1. The molecule has 0 aromatic heterocycles. The molecule has 0 aliphatic carbocycles. The second kappa shape index (κ2) is 16.2. The fourth-order valence-electron chi connectivity index (χ4n) is 4.01. The summed E-state index contributed by atoms with van der Waals surface area (Å²) in [5.74, 6) is 0.922. The van der Waals surface area contributed by atoms with E-state index in [1.807, 2.05) is 40.4 Å². The number of nitrogens with one attached hydrogen (secondary N) is 1. The quantitative estimate of drug-likeness (QED) is 0.180. The van der Waals surface area contributed by atoms with Crippen LogP contribution in [-0.4, -0.2) is 54.1 Å². The fraction of sp³-hybridized carbons (Fsp3) is 0.250. The Morgan fingerprint density at radius 1 is 0.951 bits per heavy atom. The van der Waals surface area contributed by atoms with Crippen LogP contribution in [0.3, 0.4) is 0 Å². The minimum atomic E-state index is -0.597. The summed E-state index contributed by atoms with van der Waals surface area (Å²) in [6.45, 7) is 0.703. The van der Waals surface area contributed by atoms with Crippen molar-refractivity contribution >= 4 is 70.4 Å². The van der Waals surface area contributed by atoms with E-state index in [9.17, 15) is 4.79 Å². The lowest BCUT2D eigenvalue weighted by molar-refractivity contribution is -0.117. The SMILES string of the molecule is COc1ccc(OC)c(NC(=O)CN2C=CN(C(Cl)C(OCc3ccc(Cl)cc3Cl)c3ccc(Cl)cc3)C2)c1.Cl.O. The molecule has 222 valence electrons. The van der Waals surface area contributed by atoms with Crippen LogP contribution in [0.5, 0.6) is 11.5 Å². The number of ether oxygens (including phenoxy) is 3. The number of rotatable bonds is 11. The van der Waals surface area contributed by atoms with E-state index in [0.29, 0.717) is 38.9 Å². The van der Waals surface area contributed by atoms with Gasteiger partial charge in [0.1, 0.15) is 23.1 Å². The van der Waals surface area contributed by atoms with E-state index in [-0.39, 0.29) is 36.9 Å². The lowest BCUT2D eigenvalue weighted by Gasteiger charge is -2.31. The maximum Gasteiger partial charge on any atom is 0.244 e. The number of hydrogen-bond acceptors (Lipinski definition) is 6. The summed E-state index contributed by atoms with van der Waals surface area (Å²) in [6, 6.07) is 17.8. The summed E-state index contributed by atoms with van der Waals surface area (Å²) >= 11 is 25.5. The molecule has 3 aromatic carbocycles. The number of methoxy groups -OCH3 is 2. The molecule has 0 bridgehead atoms. The molecule has 0 saturated carbocycles. The summed E-state index contributed by atoms with van der Waals surface area (Å²) in [5, 5.41) is 4.54. The van der Waals surface area contributed by atoms with Gasteiger partial charge in [0.25, 0.3) is 0 Å². The zero-order chi connectivity index (χ0) is 27.9. The van der Waals surface area contributed by atoms with Crippen molar-refractivity contribution in [2.45, 2.75) is 18.2 Å². The Morgan fingerprint density at radius 2 is 1.66 bits per heavy atom. The minimum Gasteiger partial charge on any atom is -0.497 e. The number of alkyl halides is 1. The van der Waals surface area contributed by atoms with E-state index in [2.05, 4.69) is 5.32 Å². The Balaban J connectivity index is 0.00000294. The third-order valence-electron chi connectivity index (χ3n) is 6.04. The molecule has 41 heavy (non-hydrogen) atoms. The van der Waals surface area contributed by atoms with Gasteiger partial charge in [-0.25, -0.2) is 0 Å². The Labute approximate surface area is 265 Å². The first-order valence-corrected chi connectivity index (χ1v) is 13.5. The molecule has 1 heterocycles. The summed E-state index contributed by atoms with van der Waals surface area (Å²) in [4.78, 5) is 16.6. The lowest BCUT2D eigenvalue weighted by Crippen LogP contribution is -2.38. The van der Waals surface area contributed by atoms with Gasteiger partial charge < -0.3 is 34.8 Å². The zero-order valence-electron chi connectivity index (χ0n) is 22.2. The second-order valence-electron chi connectivity index (χ2n) is 8.71. The first kappa shape index (κ1) is 34.6. The highest BCUT2D eigenvalue weighted by Crippen LogP contribution is 2.33. The molecule has 2 atom stereocenters. The highest BCUT2D eigenvalue weighted by atomic mass is 35.5. The van der Waals surface area contributed by atoms with Gasteiger partial charge in [-0.15, -0.1) is 12.4 Å². The van der Waals surface area contributed by atoms with Crippen LogP contribution in [0.25, 0.3) is 0 Å². The van der Waals surface area contributed by atoms with Gasteiger partial charge in [-0.2, -0.15) is 0 Å². The number of benzene rings is 3. The van der Waals surface area contributed by atoms with E-state index in [1.54, 1.807) is 56.7 Å². The Morgan fingerprint density at radius 3 is 2.32 bits per heavy atom. The van der Waals surface area contributed by atoms with Crippen LogP contribution < -0.4 is 14.8 Å². The summed E-state index contributed by atoms with van der Waals surface area (Å²) in [5.41, 5.74) is 1.56. The molecular weight excluding hydrogens is 636 g/mol. The average Bonchev–Trinajstić information content (AvgIpc) is 3.38. The molecule has 0 fully saturated rings. The van der Waals surface area contributed by atoms with Gasteiger partial charge in [-0.1, -0.05) is 64.6 Å². The van der Waals surface area contributed by atoms with Crippen molar-refractivity contribution in [3.63, 3.8) is 0 Å². The van der Waals surface area contributed by atoms with E-state index in [0.717, 1.165) is 11.1 Å². The predicted molar refractivity (Wildman–Crippen MR) is 167 cm³/mol. The summed E-state index contributed by atoms with van der Waals surface area (Å²) in [6.07, 6.45) is 3.11. The normalized spacial score (nSPS) is 13.6. The van der Waals surface area contributed by atoms with Crippen LogP contribution >= 0.6 is 58.8 Å². The Kier molecular flexibility index (Phi) is 13.7. The van der Waals surface area contributed by atoms with Crippen molar-refractivity contribution in [2.75, 3.05) is 32.7 Å². The van der Waals surface area contributed by atoms with Crippen molar-refractivity contribution in [3.05, 3.63) is 99.3 Å². The minimum absolute atomic E-state index is 0. The van der Waals surface area contributed by atoms with Crippen LogP contribution in [-0.2, 0) is 16.1 Å². The molecule has 0 radical (unpaired) electrons. The van der Waals surface area contributed by atoms with E-state index in [1.165, 1.54) is 0 Å². The second-order valence-corrected chi connectivity index (χ2v) is 10.4. The van der Waals surface area contributed by atoms with E-state index in [4.69, 9.17) is 60.6 Å². The van der Waals surface area contributed by atoms with Gasteiger partial charge in [-0.05, 0) is 47.5 Å². The third-order valence-corrected chi connectivity index (χ3v) is 7.36. The average molecular weight is 666 g/mol. The smallest absolute Gasteiger partial charge is 0.244 e. The van der Waals surface area contributed by atoms with Crippen molar-refractivity contribution < 1.29 is 24.5 Å². The number of carbonyl (C=O) groups excluding carboxylic acids is 1. The third kappa shape index (κ3) is 9.21. The van der Waals surface area contributed by atoms with Crippen molar-refractivity contribution in [3.8, 4) is 11.5 Å². The van der Waals surface area contributed by atoms with Gasteiger partial charge >= 0.3 is 0 Å². The molecule has 3 aromatic rings. The first-order valence-electron chi connectivity index (χ1n) is 11.9. The maximum atomic E-state index is 12.8. The van der Waals surface area contributed by atoms with Crippen LogP contribution in [0, 0.1) is 0 Å². The number of hydrogen-bond donors (Lipinski definition) is 1. The van der Waals surface area contributed by atoms with Crippen molar-refractivity contribution in [2.24, 2.45) is 0 Å². The van der Waals surface area contributed by atoms with Crippen LogP contribution in [0.1, 0.15) is 17.2 Å². The predicted octanol–water partition coefficient (Wildman–Crippen LogP) is 6.77. The molecule has 1 amide bonds. The topological polar surface area (TPSA) is 94.8 Å². The molecule has 3 N–H and O–H groups in total. The largest absolute Gasteiger partial charge is 0.497 e. The van der Waals surface area contributed by atoms with Crippen LogP contribution in [0.4, 0.5) is 5.69 Å². The standard InChI is InChI=1S/C28H27Cl4N3O4.ClH.H2O/c1-37-22-9-10-25(38-2)24(14-22)33-26(36)15-34-11-12-35(17-34)28(32)27(18-3-6-20(29)7-4-18)39-16-19-5-8-21(30)13-23(19)31;;/h3-14,27-28H,15-17H2,1-2H3,(H,33,36);1H;1H2. The number of anilines is 1. The molecule has 8 nitrogen and oxygen atoms in total. The first-order chi connectivity index (χ1) is 18.8. The number of halogens is 5. The van der Waals surface area contributed by atoms with Crippen molar-refractivity contribution in [1.29, 1.82) is 0 Å². The molecule has 2 unspecified atom stereocenters. The monoisotopic (exact) mass is 663 g/mol. The molecule has 13 heteroatoms. The highest BCUT2D eigenvalue weighted by molar-refractivity contribution is 6.35. The van der Waals surface area contributed by atoms with E-state index >= 15 is 0 Å². The van der Waals surface area contributed by atoms with Gasteiger partial charge in [0.2, 0.25) is 5.91 Å². The highest BCUT2D eigenvalue weighted by Gasteiger charge is 2.30. The van der Waals surface area contributed by atoms with E-state index < -0.39 is 11.6 Å². The van der Waals surface area contributed by atoms with Gasteiger partial charge in [-0.3, -0.25) is 4.79 Å². The van der Waals surface area contributed by atoms with Crippen LogP contribution in [0.15, 0.2) is 73.1 Å². The van der Waals surface area contributed by atoms with Gasteiger partial charge in [0, 0.05) is 33.5 Å². The van der Waals surface area contributed by atoms with Crippen LogP contribution in [0.2, 0.25) is 15.1 Å². The molecule has 0 saturated heterocycles. The molecule has 4 rings (SSSR count). The number of carbonyl (C=O) groups is 1. The van der Waals surface area contributed by atoms with Gasteiger partial charge in [0.15, 0.2) is 0 Å². The number of nitrogens with zero attached hydrogens (tertiary/aromatic N) is 2. The molecule has 0 spiro atoms. The maximum absolute atomic E-state index is 12.8. The van der Waals surface area contributed by atoms with Crippen molar-refractivity contribution in [1.82, 2.24) is 9.80 Å². The number of amides is 1. The zero-order valence-corrected chi connectivity index (χ0v) is 26.0. The summed E-state index contributed by atoms with van der Waals surface area (Å²) in [7, 11) is 3.10. The molecule has 1 aliphatic heterocycles. The fourth-order valence-corrected chi connectivity index (χ4v) is 4.95. The molecular formula is C28H30Cl5N3O5. The summed E-state index contributed by atoms with van der Waals surface area (Å²) < 4.78 is 16.9. The Bertz CT molecular complexity index is 1330.